The highest BCUT2D eigenvalue weighted by molar-refractivity contribution is 5.93. The van der Waals surface area contributed by atoms with Crippen molar-refractivity contribution in [2.24, 2.45) is 13.0 Å². The Morgan fingerprint density at radius 2 is 2.00 bits per heavy atom. The zero-order valence-electron chi connectivity index (χ0n) is 12.1. The van der Waals surface area contributed by atoms with Gasteiger partial charge in [0.25, 0.3) is 11.5 Å². The number of aromatic nitrogens is 1. The lowest BCUT2D eigenvalue weighted by molar-refractivity contribution is -0.138. The molecule has 0 bridgehead atoms. The zero-order valence-corrected chi connectivity index (χ0v) is 12.1. The fourth-order valence-corrected chi connectivity index (χ4v) is 1.82. The van der Waals surface area contributed by atoms with E-state index in [1.165, 1.54) is 29.8 Å². The van der Waals surface area contributed by atoms with Crippen LogP contribution in [0.4, 0.5) is 0 Å². The number of hydrogen-bond donors (Lipinski definition) is 2. The molecule has 0 saturated carbocycles. The van der Waals surface area contributed by atoms with E-state index in [-0.39, 0.29) is 23.6 Å². The van der Waals surface area contributed by atoms with Gasteiger partial charge in [-0.05, 0) is 18.9 Å². The quantitative estimate of drug-likeness (QED) is 0.842. The van der Waals surface area contributed by atoms with Crippen molar-refractivity contribution in [3.8, 4) is 0 Å². The fraction of sp³-hybridized carbons (Fsp3) is 0.500. The van der Waals surface area contributed by atoms with Crippen molar-refractivity contribution in [3.05, 3.63) is 34.2 Å². The molecule has 1 heterocycles. The van der Waals surface area contributed by atoms with E-state index in [9.17, 15) is 14.4 Å². The number of rotatable bonds is 5. The van der Waals surface area contributed by atoms with Gasteiger partial charge in [-0.2, -0.15) is 0 Å². The Balaban J connectivity index is 3.06. The molecule has 6 heteroatoms. The Bertz CT molecular complexity index is 577. The third kappa shape index (κ3) is 3.46. The molecule has 1 rings (SSSR count). The molecule has 0 fully saturated rings. The first-order valence-electron chi connectivity index (χ1n) is 6.37. The molecule has 0 aliphatic rings. The summed E-state index contributed by atoms with van der Waals surface area (Å²) in [6.07, 6.45) is -0.183. The van der Waals surface area contributed by atoms with Gasteiger partial charge in [-0.3, -0.25) is 14.4 Å². The maximum atomic E-state index is 12.3. The lowest BCUT2D eigenvalue weighted by Gasteiger charge is -2.33. The summed E-state index contributed by atoms with van der Waals surface area (Å²) in [5, 5.41) is 11.7. The number of hydrogen-bond acceptors (Lipinski definition) is 3. The van der Waals surface area contributed by atoms with Crippen LogP contribution in [-0.4, -0.2) is 27.1 Å². The minimum absolute atomic E-state index is 0.0664. The second-order valence-electron chi connectivity index (χ2n) is 5.41. The summed E-state index contributed by atoms with van der Waals surface area (Å²) in [4.78, 5) is 34.7. The van der Waals surface area contributed by atoms with Crippen molar-refractivity contribution in [1.29, 1.82) is 0 Å². The van der Waals surface area contributed by atoms with Crippen molar-refractivity contribution in [2.75, 3.05) is 0 Å². The summed E-state index contributed by atoms with van der Waals surface area (Å²) in [7, 11) is 1.50. The lowest BCUT2D eigenvalue weighted by atomic mass is 9.85. The number of aliphatic carboxylic acids is 1. The normalized spacial score (nSPS) is 13.8. The van der Waals surface area contributed by atoms with Crippen LogP contribution in [0, 0.1) is 5.92 Å². The number of carboxylic acids is 1. The molecule has 1 amide bonds. The van der Waals surface area contributed by atoms with Crippen LogP contribution in [0.3, 0.4) is 0 Å². The minimum Gasteiger partial charge on any atom is -0.481 e. The van der Waals surface area contributed by atoms with Crippen molar-refractivity contribution in [1.82, 2.24) is 9.88 Å². The maximum absolute atomic E-state index is 12.3. The molecule has 110 valence electrons. The van der Waals surface area contributed by atoms with Gasteiger partial charge in [-0.1, -0.05) is 19.9 Å². The molecule has 0 saturated heterocycles. The Morgan fingerprint density at radius 3 is 2.50 bits per heavy atom. The van der Waals surface area contributed by atoms with E-state index >= 15 is 0 Å². The Morgan fingerprint density at radius 1 is 1.40 bits per heavy atom. The summed E-state index contributed by atoms with van der Waals surface area (Å²) < 4.78 is 1.23. The molecule has 0 radical (unpaired) electrons. The molecule has 1 unspecified atom stereocenters. The summed E-state index contributed by atoms with van der Waals surface area (Å²) >= 11 is 0. The third-order valence-corrected chi connectivity index (χ3v) is 3.61. The molecule has 1 aromatic heterocycles. The third-order valence-electron chi connectivity index (χ3n) is 3.61. The van der Waals surface area contributed by atoms with E-state index in [4.69, 9.17) is 5.11 Å². The van der Waals surface area contributed by atoms with Crippen LogP contribution in [0.5, 0.6) is 0 Å². The molecule has 2 N–H and O–H groups in total. The van der Waals surface area contributed by atoms with Gasteiger partial charge in [0.2, 0.25) is 0 Å². The van der Waals surface area contributed by atoms with E-state index in [1.807, 2.05) is 13.8 Å². The standard InChI is InChI=1S/C14H20N2O4/c1-9(2)14(3,8-12(18)19)15-13(20)10-6-5-7-11(17)16(10)4/h5-7,9H,8H2,1-4H3,(H,15,20)(H,18,19). The molecule has 1 aromatic rings. The van der Waals surface area contributed by atoms with E-state index in [1.54, 1.807) is 6.92 Å². The van der Waals surface area contributed by atoms with E-state index in [0.29, 0.717) is 0 Å². The van der Waals surface area contributed by atoms with Crippen LogP contribution < -0.4 is 10.9 Å². The van der Waals surface area contributed by atoms with Gasteiger partial charge in [0.1, 0.15) is 5.69 Å². The van der Waals surface area contributed by atoms with Gasteiger partial charge in [0, 0.05) is 13.1 Å². The van der Waals surface area contributed by atoms with Crippen LogP contribution in [0.25, 0.3) is 0 Å². The van der Waals surface area contributed by atoms with Crippen molar-refractivity contribution >= 4 is 11.9 Å². The maximum Gasteiger partial charge on any atom is 0.305 e. The first kappa shape index (κ1) is 15.9. The molecule has 0 aliphatic carbocycles. The number of nitrogens with one attached hydrogen (secondary N) is 1. The number of carbonyl (C=O) groups excluding carboxylic acids is 1. The molecule has 20 heavy (non-hydrogen) atoms. The van der Waals surface area contributed by atoms with E-state index in [0.717, 1.165) is 0 Å². The van der Waals surface area contributed by atoms with E-state index < -0.39 is 17.4 Å². The highest BCUT2D eigenvalue weighted by Gasteiger charge is 2.33. The summed E-state index contributed by atoms with van der Waals surface area (Å²) in [6, 6.07) is 4.38. The van der Waals surface area contributed by atoms with Gasteiger partial charge in [-0.15, -0.1) is 0 Å². The molecule has 0 spiro atoms. The minimum atomic E-state index is -0.983. The predicted octanol–water partition coefficient (Wildman–Crippen LogP) is 1.00. The van der Waals surface area contributed by atoms with Crippen molar-refractivity contribution < 1.29 is 14.7 Å². The summed E-state index contributed by atoms with van der Waals surface area (Å²) in [5.74, 6) is -1.51. The Kier molecular flexibility index (Phi) is 4.70. The Hall–Kier alpha value is -2.11. The largest absolute Gasteiger partial charge is 0.481 e. The average molecular weight is 280 g/mol. The van der Waals surface area contributed by atoms with Gasteiger partial charge in [0.05, 0.1) is 12.0 Å². The van der Waals surface area contributed by atoms with Crippen molar-refractivity contribution in [3.63, 3.8) is 0 Å². The first-order valence-corrected chi connectivity index (χ1v) is 6.37. The SMILES string of the molecule is CC(C)C(C)(CC(=O)O)NC(=O)c1cccc(=O)n1C. The molecule has 6 nitrogen and oxygen atoms in total. The molecule has 0 aromatic carbocycles. The zero-order chi connectivity index (χ0) is 15.5. The summed E-state index contributed by atoms with van der Waals surface area (Å²) in [5.41, 5.74) is -0.966. The monoisotopic (exact) mass is 280 g/mol. The number of nitrogens with zero attached hydrogens (tertiary/aromatic N) is 1. The molecular formula is C14H20N2O4. The lowest BCUT2D eigenvalue weighted by Crippen LogP contribution is -2.52. The van der Waals surface area contributed by atoms with Crippen LogP contribution >= 0.6 is 0 Å². The van der Waals surface area contributed by atoms with Crippen LogP contribution in [-0.2, 0) is 11.8 Å². The predicted molar refractivity (Wildman–Crippen MR) is 74.6 cm³/mol. The van der Waals surface area contributed by atoms with E-state index in [2.05, 4.69) is 5.32 Å². The van der Waals surface area contributed by atoms with Crippen LogP contribution in [0.2, 0.25) is 0 Å². The Labute approximate surface area is 117 Å². The molecule has 0 aliphatic heterocycles. The summed E-state index contributed by atoms with van der Waals surface area (Å²) in [6.45, 7) is 5.37. The number of amides is 1. The van der Waals surface area contributed by atoms with Crippen LogP contribution in [0.15, 0.2) is 23.0 Å². The second-order valence-corrected chi connectivity index (χ2v) is 5.41. The van der Waals surface area contributed by atoms with Gasteiger partial charge in [0.15, 0.2) is 0 Å². The first-order chi connectivity index (χ1) is 9.17. The van der Waals surface area contributed by atoms with Gasteiger partial charge >= 0.3 is 5.97 Å². The van der Waals surface area contributed by atoms with Gasteiger partial charge < -0.3 is 15.0 Å². The number of pyridine rings is 1. The molecular weight excluding hydrogens is 260 g/mol. The van der Waals surface area contributed by atoms with Gasteiger partial charge in [-0.25, -0.2) is 0 Å². The molecule has 1 atom stereocenters. The highest BCUT2D eigenvalue weighted by atomic mass is 16.4. The smallest absolute Gasteiger partial charge is 0.305 e. The average Bonchev–Trinajstić information content (AvgIpc) is 2.31. The van der Waals surface area contributed by atoms with Crippen molar-refractivity contribution in [2.45, 2.75) is 32.7 Å². The number of carboxylic acid groups (broad SMARTS) is 1. The van der Waals surface area contributed by atoms with Crippen LogP contribution in [0.1, 0.15) is 37.7 Å². The fourth-order valence-electron chi connectivity index (χ4n) is 1.82. The second kappa shape index (κ2) is 5.90. The topological polar surface area (TPSA) is 88.4 Å². The number of carbonyl (C=O) groups is 2. The highest BCUT2D eigenvalue weighted by Crippen LogP contribution is 2.21.